The maximum absolute atomic E-state index is 12.1. The summed E-state index contributed by atoms with van der Waals surface area (Å²) in [6.07, 6.45) is -22.7. The summed E-state index contributed by atoms with van der Waals surface area (Å²) in [6.45, 7) is 8.49. The van der Waals surface area contributed by atoms with Crippen LogP contribution in [0.3, 0.4) is 0 Å². The van der Waals surface area contributed by atoms with Gasteiger partial charge >= 0.3 is 0 Å². The Labute approximate surface area is 431 Å². The third-order valence-electron chi connectivity index (χ3n) is 20.1. The van der Waals surface area contributed by atoms with E-state index in [1.54, 1.807) is 0 Å². The van der Waals surface area contributed by atoms with Gasteiger partial charge in [0.05, 0.1) is 44.7 Å². The van der Waals surface area contributed by atoms with Gasteiger partial charge in [-0.1, -0.05) is 27.7 Å². The molecule has 9 aliphatic rings. The SMILES string of the molecule is C[C@H](CC[C@@]1(O)O[C@H]2C[C@H]3[C@@H]4CC[C@@H]5C[C@@H](O[C@@H]6O[C@H](CO)[C@@H](O[C@@H]7O[C@H](CO)[C@@H](O)[C@H](O)[C@H]7O)[C@H](O)[C@H]6O[C@H]6O[C@@H](C)[C@H](O)[C@@H](O)[C@H]6O)CC[C@]5(C)[C@H]4CC[C@]3(C)[C@H]2[C@@H]1C)CO[C@@H]1O[C@H](CO)[C@@H](O)[C@H](O)[C@H]1O. The fourth-order valence-electron chi connectivity index (χ4n) is 15.6. The van der Waals surface area contributed by atoms with Gasteiger partial charge in [0.25, 0.3) is 0 Å². The molecule has 5 heterocycles. The van der Waals surface area contributed by atoms with E-state index in [2.05, 4.69) is 20.8 Å². The van der Waals surface area contributed by atoms with Gasteiger partial charge in [0.2, 0.25) is 0 Å². The molecule has 0 spiro atoms. The molecule has 32 atom stereocenters. The van der Waals surface area contributed by atoms with Crippen LogP contribution in [0.15, 0.2) is 0 Å². The van der Waals surface area contributed by atoms with E-state index in [9.17, 15) is 71.5 Å². The van der Waals surface area contributed by atoms with Crippen LogP contribution in [0.5, 0.6) is 0 Å². The van der Waals surface area contributed by atoms with Crippen molar-refractivity contribution in [3.05, 3.63) is 0 Å². The second kappa shape index (κ2) is 22.6. The van der Waals surface area contributed by atoms with Gasteiger partial charge in [0.15, 0.2) is 30.9 Å². The predicted molar refractivity (Wildman–Crippen MR) is 250 cm³/mol. The first-order valence-corrected chi connectivity index (χ1v) is 27.2. The van der Waals surface area contributed by atoms with Crippen LogP contribution in [0.1, 0.15) is 98.8 Å². The van der Waals surface area contributed by atoms with Crippen LogP contribution >= 0.6 is 0 Å². The molecule has 74 heavy (non-hydrogen) atoms. The Bertz CT molecular complexity index is 1850. The Morgan fingerprint density at radius 3 is 1.77 bits per heavy atom. The number of aliphatic hydroxyl groups is 14. The van der Waals surface area contributed by atoms with E-state index in [1.807, 2.05) is 6.92 Å². The van der Waals surface area contributed by atoms with Crippen molar-refractivity contribution in [2.24, 2.45) is 52.3 Å². The normalized spacial score (nSPS) is 56.0. The highest BCUT2D eigenvalue weighted by Crippen LogP contribution is 2.71. The Kier molecular flexibility index (Phi) is 17.6. The first-order valence-electron chi connectivity index (χ1n) is 27.2. The summed E-state index contributed by atoms with van der Waals surface area (Å²) < 4.78 is 54.5. The van der Waals surface area contributed by atoms with E-state index < -0.39 is 155 Å². The van der Waals surface area contributed by atoms with Crippen molar-refractivity contribution < 1.29 is 114 Å². The van der Waals surface area contributed by atoms with E-state index in [0.29, 0.717) is 43.4 Å². The molecule has 5 saturated heterocycles. The summed E-state index contributed by atoms with van der Waals surface area (Å²) in [6, 6.07) is 0. The fraction of sp³-hybridized carbons (Fsp3) is 1.00. The number of hydrogen-bond donors (Lipinski definition) is 14. The Balaban J connectivity index is 0.833. The van der Waals surface area contributed by atoms with Crippen LogP contribution in [-0.4, -0.2) is 239 Å². The number of ether oxygens (including phenoxy) is 9. The second-order valence-electron chi connectivity index (χ2n) is 24.3. The molecule has 4 saturated carbocycles. The molecular weight excluding hydrogens is 981 g/mol. The van der Waals surface area contributed by atoms with Crippen molar-refractivity contribution in [2.45, 2.75) is 240 Å². The molecular formula is C51H86O23. The first kappa shape index (κ1) is 57.8. The predicted octanol–water partition coefficient (Wildman–Crippen LogP) is -2.93. The zero-order valence-electron chi connectivity index (χ0n) is 43.1. The van der Waals surface area contributed by atoms with Gasteiger partial charge in [0, 0.05) is 12.3 Å². The van der Waals surface area contributed by atoms with E-state index >= 15 is 0 Å². The van der Waals surface area contributed by atoms with Crippen molar-refractivity contribution in [3.63, 3.8) is 0 Å². The lowest BCUT2D eigenvalue weighted by Gasteiger charge is -2.61. The average Bonchev–Trinajstić information content (AvgIpc) is 3.82. The molecule has 23 nitrogen and oxygen atoms in total. The van der Waals surface area contributed by atoms with Crippen LogP contribution in [0.4, 0.5) is 0 Å². The maximum atomic E-state index is 12.1. The molecule has 0 aromatic rings. The molecule has 4 aliphatic carbocycles. The minimum absolute atomic E-state index is 0.0171. The van der Waals surface area contributed by atoms with E-state index in [-0.39, 0.29) is 47.2 Å². The molecule has 14 N–H and O–H groups in total. The van der Waals surface area contributed by atoms with Crippen molar-refractivity contribution in [1.29, 1.82) is 0 Å². The molecule has 0 aromatic heterocycles. The molecule has 0 unspecified atom stereocenters. The Morgan fingerprint density at radius 1 is 0.554 bits per heavy atom. The molecule has 9 rings (SSSR count). The third kappa shape index (κ3) is 10.3. The number of rotatable bonds is 15. The highest BCUT2D eigenvalue weighted by atomic mass is 16.8. The Morgan fingerprint density at radius 2 is 1.12 bits per heavy atom. The second-order valence-corrected chi connectivity index (χ2v) is 24.3. The van der Waals surface area contributed by atoms with Gasteiger partial charge in [-0.2, -0.15) is 0 Å². The number of fused-ring (bicyclic) bond motifs is 7. The molecule has 0 bridgehead atoms. The first-order chi connectivity index (χ1) is 35.0. The van der Waals surface area contributed by atoms with Crippen LogP contribution < -0.4 is 0 Å². The van der Waals surface area contributed by atoms with Gasteiger partial charge < -0.3 is 114 Å². The van der Waals surface area contributed by atoms with Gasteiger partial charge in [0.1, 0.15) is 91.6 Å². The monoisotopic (exact) mass is 1070 g/mol. The summed E-state index contributed by atoms with van der Waals surface area (Å²) in [5, 5.41) is 149. The largest absolute Gasteiger partial charge is 0.394 e. The van der Waals surface area contributed by atoms with E-state index in [4.69, 9.17) is 42.6 Å². The summed E-state index contributed by atoms with van der Waals surface area (Å²) in [5.41, 5.74) is -0.0583. The van der Waals surface area contributed by atoms with Crippen molar-refractivity contribution in [2.75, 3.05) is 26.4 Å². The van der Waals surface area contributed by atoms with Gasteiger partial charge in [-0.25, -0.2) is 0 Å². The van der Waals surface area contributed by atoms with Crippen LogP contribution in [0.25, 0.3) is 0 Å². The zero-order chi connectivity index (χ0) is 53.5. The maximum Gasteiger partial charge on any atom is 0.187 e. The topological polar surface area (TPSA) is 366 Å². The standard InChI is InChI=1S/C51H86O23/c1-20(19-66-45-39(61)37(59)34(56)29(16-52)69-45)8-13-51(65)21(2)32-28(74-51)15-27-25-7-6-23-14-24(9-11-49(23,4)26(25)10-12-50(27,32)5)68-48-44(73-46-40(62)36(58)33(55)22(3)67-46)42(64)43(31(18-54)71-48)72-47-41(63)38(60)35(57)30(17-53)70-47/h20-48,52-65H,6-19H2,1-5H3/t20-,21+,22+,23-,24+,25-,26+,27+,28+,29-,30-,31-,32+,33+,34-,35-,36-,37+,38+,39-,40-,41-,42+,43-,44-,45-,46-,47+,48-,49+,50+,51-/m1/s1. The fourth-order valence-corrected chi connectivity index (χ4v) is 15.6. The molecule has 0 aromatic carbocycles. The number of hydrogen-bond acceptors (Lipinski definition) is 23. The summed E-state index contributed by atoms with van der Waals surface area (Å²) in [4.78, 5) is 0. The molecule has 23 heteroatoms. The molecule has 0 amide bonds. The van der Waals surface area contributed by atoms with Crippen molar-refractivity contribution >= 4 is 0 Å². The smallest absolute Gasteiger partial charge is 0.187 e. The highest BCUT2D eigenvalue weighted by molar-refractivity contribution is 5.15. The summed E-state index contributed by atoms with van der Waals surface area (Å²) >= 11 is 0. The number of aliphatic hydroxyl groups excluding tert-OH is 13. The summed E-state index contributed by atoms with van der Waals surface area (Å²) in [5.74, 6) is 0.202. The van der Waals surface area contributed by atoms with Crippen molar-refractivity contribution in [3.8, 4) is 0 Å². The van der Waals surface area contributed by atoms with Crippen LogP contribution in [-0.2, 0) is 42.6 Å². The molecule has 9 fully saturated rings. The minimum atomic E-state index is -1.85. The van der Waals surface area contributed by atoms with Gasteiger partial charge in [-0.3, -0.25) is 0 Å². The zero-order valence-corrected chi connectivity index (χ0v) is 43.1. The van der Waals surface area contributed by atoms with Crippen LogP contribution in [0, 0.1) is 52.3 Å². The lowest BCUT2D eigenvalue weighted by molar-refractivity contribution is -0.390. The van der Waals surface area contributed by atoms with Gasteiger partial charge in [-0.15, -0.1) is 0 Å². The molecule has 428 valence electrons. The lowest BCUT2D eigenvalue weighted by Crippen LogP contribution is -2.67. The van der Waals surface area contributed by atoms with E-state index in [1.165, 1.54) is 6.92 Å². The molecule has 5 aliphatic heterocycles. The average molecular weight is 1070 g/mol. The molecule has 0 radical (unpaired) electrons. The third-order valence-corrected chi connectivity index (χ3v) is 20.1. The van der Waals surface area contributed by atoms with E-state index in [0.717, 1.165) is 38.5 Å². The quantitative estimate of drug-likeness (QED) is 0.0730. The Hall–Kier alpha value is -0.920. The summed E-state index contributed by atoms with van der Waals surface area (Å²) in [7, 11) is 0. The highest BCUT2D eigenvalue weighted by Gasteiger charge is 2.68. The van der Waals surface area contributed by atoms with Crippen LogP contribution in [0.2, 0.25) is 0 Å². The minimum Gasteiger partial charge on any atom is -0.394 e. The van der Waals surface area contributed by atoms with Crippen molar-refractivity contribution in [1.82, 2.24) is 0 Å². The lowest BCUT2D eigenvalue weighted by atomic mass is 9.44. The van der Waals surface area contributed by atoms with Gasteiger partial charge in [-0.05, 0) is 111 Å².